The summed E-state index contributed by atoms with van der Waals surface area (Å²) in [5.74, 6) is 0.0803. The molecule has 0 aromatic rings. The summed E-state index contributed by atoms with van der Waals surface area (Å²) >= 11 is 0. The molecule has 86 valence electrons. The molecule has 0 aromatic heterocycles. The molecule has 0 aliphatic carbocycles. The summed E-state index contributed by atoms with van der Waals surface area (Å²) in [5, 5.41) is 0. The Hall–Kier alpha value is -0.170. The summed E-state index contributed by atoms with van der Waals surface area (Å²) in [7, 11) is -1.65. The summed E-state index contributed by atoms with van der Waals surface area (Å²) in [6, 6.07) is 0. The van der Waals surface area contributed by atoms with E-state index in [-0.39, 0.29) is 12.3 Å². The second-order valence-corrected chi connectivity index (χ2v) is 5.90. The minimum absolute atomic E-state index is 0.0803. The molecular weight excluding hydrogens is 204 g/mol. The summed E-state index contributed by atoms with van der Waals surface area (Å²) in [5.41, 5.74) is 5.13. The molecule has 0 aliphatic heterocycles. The zero-order valence-electron chi connectivity index (χ0n) is 9.04. The van der Waals surface area contributed by atoms with E-state index in [2.05, 4.69) is 4.72 Å². The van der Waals surface area contributed by atoms with Crippen molar-refractivity contribution in [3.8, 4) is 0 Å². The number of sulfonamides is 1. The van der Waals surface area contributed by atoms with E-state index < -0.39 is 15.6 Å². The number of nitrogens with two attached hydrogens (primary N) is 1. The Morgan fingerprint density at radius 1 is 1.43 bits per heavy atom. The zero-order chi connectivity index (χ0) is 11.2. The van der Waals surface area contributed by atoms with Crippen molar-refractivity contribution >= 4 is 10.0 Å². The Bertz CT molecular complexity index is 244. The van der Waals surface area contributed by atoms with E-state index in [4.69, 9.17) is 10.5 Å². The fourth-order valence-electron chi connectivity index (χ4n) is 0.761. The van der Waals surface area contributed by atoms with Gasteiger partial charge in [-0.05, 0) is 20.3 Å². The van der Waals surface area contributed by atoms with Gasteiger partial charge in [-0.15, -0.1) is 0 Å². The van der Waals surface area contributed by atoms with Crippen molar-refractivity contribution in [3.05, 3.63) is 0 Å². The van der Waals surface area contributed by atoms with Gasteiger partial charge in [-0.1, -0.05) is 0 Å². The lowest BCUT2D eigenvalue weighted by atomic mass is 10.1. The van der Waals surface area contributed by atoms with Gasteiger partial charge in [-0.25, -0.2) is 13.1 Å². The lowest BCUT2D eigenvalue weighted by molar-refractivity contribution is 0.199. The molecule has 0 aliphatic rings. The highest BCUT2D eigenvalue weighted by atomic mass is 32.2. The first-order valence-electron chi connectivity index (χ1n) is 4.52. The monoisotopic (exact) mass is 224 g/mol. The van der Waals surface area contributed by atoms with Gasteiger partial charge < -0.3 is 10.5 Å². The number of hydrogen-bond donors (Lipinski definition) is 2. The standard InChI is InChI=1S/C8H20N2O3S/c1-8(2,9)7-10-14(11,12)6-4-5-13-3/h10H,4-7,9H2,1-3H3. The quantitative estimate of drug-likeness (QED) is 0.581. The van der Waals surface area contributed by atoms with E-state index in [1.807, 2.05) is 0 Å². The largest absolute Gasteiger partial charge is 0.385 e. The Morgan fingerprint density at radius 3 is 2.43 bits per heavy atom. The third-order valence-electron chi connectivity index (χ3n) is 1.51. The molecule has 0 bridgehead atoms. The van der Waals surface area contributed by atoms with Crippen molar-refractivity contribution in [2.75, 3.05) is 26.0 Å². The van der Waals surface area contributed by atoms with Crippen molar-refractivity contribution in [3.63, 3.8) is 0 Å². The maximum Gasteiger partial charge on any atom is 0.211 e. The van der Waals surface area contributed by atoms with Crippen molar-refractivity contribution in [1.29, 1.82) is 0 Å². The summed E-state index contributed by atoms with van der Waals surface area (Å²) in [4.78, 5) is 0. The second kappa shape index (κ2) is 5.65. The van der Waals surface area contributed by atoms with Crippen LogP contribution in [-0.4, -0.2) is 40.0 Å². The first-order valence-corrected chi connectivity index (χ1v) is 6.17. The van der Waals surface area contributed by atoms with Gasteiger partial charge >= 0.3 is 0 Å². The van der Waals surface area contributed by atoms with Crippen molar-refractivity contribution < 1.29 is 13.2 Å². The van der Waals surface area contributed by atoms with Gasteiger partial charge in [0.25, 0.3) is 0 Å². The Balaban J connectivity index is 3.85. The van der Waals surface area contributed by atoms with Crippen LogP contribution < -0.4 is 10.5 Å². The van der Waals surface area contributed by atoms with Crippen LogP contribution in [0.5, 0.6) is 0 Å². The fourth-order valence-corrected chi connectivity index (χ4v) is 2.00. The van der Waals surface area contributed by atoms with Crippen LogP contribution in [0.15, 0.2) is 0 Å². The molecule has 0 atom stereocenters. The zero-order valence-corrected chi connectivity index (χ0v) is 9.86. The van der Waals surface area contributed by atoms with Crippen LogP contribution in [0.1, 0.15) is 20.3 Å². The molecule has 0 radical (unpaired) electrons. The van der Waals surface area contributed by atoms with E-state index in [1.165, 1.54) is 0 Å². The van der Waals surface area contributed by atoms with E-state index >= 15 is 0 Å². The molecule has 14 heavy (non-hydrogen) atoms. The maximum atomic E-state index is 11.3. The van der Waals surface area contributed by atoms with Crippen molar-refractivity contribution in [2.45, 2.75) is 25.8 Å². The van der Waals surface area contributed by atoms with E-state index in [9.17, 15) is 8.42 Å². The average molecular weight is 224 g/mol. The molecule has 0 heterocycles. The molecule has 0 aromatic carbocycles. The van der Waals surface area contributed by atoms with E-state index in [0.717, 1.165) is 0 Å². The predicted octanol–water partition coefficient (Wildman–Crippen LogP) is -0.320. The highest BCUT2D eigenvalue weighted by molar-refractivity contribution is 7.89. The summed E-state index contributed by atoms with van der Waals surface area (Å²) < 4.78 is 29.9. The Labute approximate surface area is 86.1 Å². The molecule has 6 heteroatoms. The van der Waals surface area contributed by atoms with Crippen molar-refractivity contribution in [1.82, 2.24) is 4.72 Å². The van der Waals surface area contributed by atoms with Gasteiger partial charge in [0.15, 0.2) is 0 Å². The van der Waals surface area contributed by atoms with Gasteiger partial charge in [-0.2, -0.15) is 0 Å². The van der Waals surface area contributed by atoms with Gasteiger partial charge in [0.2, 0.25) is 10.0 Å². The fraction of sp³-hybridized carbons (Fsp3) is 1.00. The molecule has 0 saturated heterocycles. The lowest BCUT2D eigenvalue weighted by Crippen LogP contribution is -2.45. The number of nitrogens with one attached hydrogen (secondary N) is 1. The van der Waals surface area contributed by atoms with Gasteiger partial charge in [0.05, 0.1) is 5.75 Å². The van der Waals surface area contributed by atoms with Crippen LogP contribution in [0.3, 0.4) is 0 Å². The third-order valence-corrected chi connectivity index (χ3v) is 2.92. The topological polar surface area (TPSA) is 81.4 Å². The van der Waals surface area contributed by atoms with Crippen LogP contribution in [-0.2, 0) is 14.8 Å². The SMILES string of the molecule is COCCCS(=O)(=O)NCC(C)(C)N. The second-order valence-electron chi connectivity index (χ2n) is 3.97. The maximum absolute atomic E-state index is 11.3. The van der Waals surface area contributed by atoms with E-state index in [0.29, 0.717) is 13.0 Å². The highest BCUT2D eigenvalue weighted by Crippen LogP contribution is 1.96. The molecule has 3 N–H and O–H groups in total. The van der Waals surface area contributed by atoms with Gasteiger partial charge in [0, 0.05) is 25.8 Å². The van der Waals surface area contributed by atoms with Crippen LogP contribution in [0.25, 0.3) is 0 Å². The highest BCUT2D eigenvalue weighted by Gasteiger charge is 2.15. The molecule has 0 fully saturated rings. The molecule has 0 amide bonds. The van der Waals surface area contributed by atoms with E-state index in [1.54, 1.807) is 21.0 Å². The Kier molecular flexibility index (Phi) is 5.58. The van der Waals surface area contributed by atoms with Crippen LogP contribution >= 0.6 is 0 Å². The average Bonchev–Trinajstić information content (AvgIpc) is 2.00. The van der Waals surface area contributed by atoms with Crippen LogP contribution in [0, 0.1) is 0 Å². The molecule has 0 saturated carbocycles. The number of rotatable bonds is 7. The third kappa shape index (κ3) is 8.43. The van der Waals surface area contributed by atoms with Crippen LogP contribution in [0.4, 0.5) is 0 Å². The summed E-state index contributed by atoms with van der Waals surface area (Å²) in [6.07, 6.45) is 0.497. The minimum atomic E-state index is -3.20. The lowest BCUT2D eigenvalue weighted by Gasteiger charge is -2.18. The molecule has 0 unspecified atom stereocenters. The smallest absolute Gasteiger partial charge is 0.211 e. The molecule has 0 rings (SSSR count). The number of ether oxygens (including phenoxy) is 1. The minimum Gasteiger partial charge on any atom is -0.385 e. The van der Waals surface area contributed by atoms with Gasteiger partial charge in [0.1, 0.15) is 0 Å². The first kappa shape index (κ1) is 13.8. The first-order chi connectivity index (χ1) is 6.27. The van der Waals surface area contributed by atoms with Crippen LogP contribution in [0.2, 0.25) is 0 Å². The number of hydrogen-bond acceptors (Lipinski definition) is 4. The normalized spacial score (nSPS) is 13.1. The number of methoxy groups -OCH3 is 1. The predicted molar refractivity (Wildman–Crippen MR) is 56.5 cm³/mol. The van der Waals surface area contributed by atoms with Gasteiger partial charge in [-0.3, -0.25) is 0 Å². The molecule has 5 nitrogen and oxygen atoms in total. The summed E-state index contributed by atoms with van der Waals surface area (Å²) in [6.45, 7) is 4.24. The Morgan fingerprint density at radius 2 is 2.00 bits per heavy atom. The van der Waals surface area contributed by atoms with Crippen molar-refractivity contribution in [2.24, 2.45) is 5.73 Å². The molecule has 0 spiro atoms. The molecular formula is C8H20N2O3S.